The molecule has 3 fully saturated rings. The van der Waals surface area contributed by atoms with Gasteiger partial charge in [-0.15, -0.1) is 5.10 Å². The van der Waals surface area contributed by atoms with Gasteiger partial charge in [0, 0.05) is 49.5 Å². The number of esters is 1. The third-order valence-electron chi connectivity index (χ3n) is 12.8. The molecule has 0 spiro atoms. The van der Waals surface area contributed by atoms with E-state index in [2.05, 4.69) is 15.6 Å². The molecule has 3 unspecified atom stereocenters. The molecule has 0 bridgehead atoms. The topological polar surface area (TPSA) is 193 Å². The van der Waals surface area contributed by atoms with E-state index in [-0.39, 0.29) is 24.5 Å². The van der Waals surface area contributed by atoms with Crippen molar-refractivity contribution in [2.75, 3.05) is 40.0 Å². The Morgan fingerprint density at radius 1 is 1.10 bits per heavy atom. The van der Waals surface area contributed by atoms with Gasteiger partial charge in [-0.2, -0.15) is 0 Å². The van der Waals surface area contributed by atoms with E-state index in [4.69, 9.17) is 29.4 Å². The molecule has 3 aliphatic rings. The number of aliphatic hydroxyl groups excluding tert-OH is 1. The van der Waals surface area contributed by atoms with Crippen LogP contribution >= 0.6 is 0 Å². The van der Waals surface area contributed by atoms with Gasteiger partial charge in [0.15, 0.2) is 17.7 Å². The molecule has 0 aliphatic carbocycles. The average Bonchev–Trinajstić information content (AvgIpc) is 3.77. The van der Waals surface area contributed by atoms with Crippen LogP contribution in [0.1, 0.15) is 87.5 Å². The van der Waals surface area contributed by atoms with Gasteiger partial charge >= 0.3 is 12.1 Å². The van der Waals surface area contributed by atoms with Crippen molar-refractivity contribution in [1.82, 2.24) is 30.1 Å². The van der Waals surface area contributed by atoms with Crippen molar-refractivity contribution in [2.24, 2.45) is 11.8 Å². The molecule has 17 heteroatoms. The van der Waals surface area contributed by atoms with Gasteiger partial charge in [0.1, 0.15) is 17.9 Å². The molecule has 16 nitrogen and oxygen atoms in total. The van der Waals surface area contributed by atoms with E-state index in [0.717, 1.165) is 12.5 Å². The Balaban J connectivity index is 1.40. The third-order valence-corrected chi connectivity index (χ3v) is 12.8. The summed E-state index contributed by atoms with van der Waals surface area (Å²) in [5, 5.41) is 23.6. The van der Waals surface area contributed by atoms with Gasteiger partial charge in [0.05, 0.1) is 30.0 Å². The number of likely N-dealkylation sites (N-methyl/N-ethyl adjacent to an activating group) is 1. The number of rotatable bonds is 11. The minimum Gasteiger partial charge on any atom is -0.455 e. The molecule has 0 radical (unpaired) electrons. The summed E-state index contributed by atoms with van der Waals surface area (Å²) >= 11 is 0. The Hall–Kier alpha value is -3.74. The summed E-state index contributed by atoms with van der Waals surface area (Å²) in [5.74, 6) is -3.86. The fourth-order valence-corrected chi connectivity index (χ4v) is 9.46. The standard InChI is InChI=1S/C43H68FN7O9/c1-12-33-43(8)35(51(40(55)60-43)19-14-13-18-50-24-31(47-48-50)29-16-15-17-30(45)21-29)28(5)46-23-25(2)22-41(6,56-11)37(27(4)36(53)42(7,44)39(54)58-33)59-38-34(52)32(49(9)10)20-26(3)57-38/h15-17,21,24-28,32-35,37-38,46,52H,12-14,18-20,22-23,45H2,1-11H3/t25-,26?,27+,28-,32?,33-,34?,35-,37-,38+,41-,42+,43-/m1/s1. The van der Waals surface area contributed by atoms with E-state index in [1.54, 1.807) is 36.4 Å². The minimum absolute atomic E-state index is 0.115. The number of carbonyl (C=O) groups excluding carboxylic acids is 3. The van der Waals surface area contributed by atoms with Crippen LogP contribution in [0.5, 0.6) is 0 Å². The molecule has 336 valence electrons. The second-order valence-electron chi connectivity index (χ2n) is 18.0. The van der Waals surface area contributed by atoms with Gasteiger partial charge in [-0.25, -0.2) is 14.0 Å². The molecule has 13 atom stereocenters. The van der Waals surface area contributed by atoms with E-state index in [0.29, 0.717) is 56.7 Å². The number of methoxy groups -OCH3 is 1. The number of benzene rings is 1. The molecular weight excluding hydrogens is 778 g/mol. The van der Waals surface area contributed by atoms with Crippen LogP contribution in [0.3, 0.4) is 0 Å². The lowest BCUT2D eigenvalue weighted by Crippen LogP contribution is -2.61. The first-order chi connectivity index (χ1) is 28.2. The van der Waals surface area contributed by atoms with Crippen LogP contribution in [0, 0.1) is 11.8 Å². The Kier molecular flexibility index (Phi) is 15.1. The highest BCUT2D eigenvalue weighted by Crippen LogP contribution is 2.41. The Labute approximate surface area is 353 Å². The van der Waals surface area contributed by atoms with Gasteiger partial charge in [-0.1, -0.05) is 38.1 Å². The number of hydrogen-bond acceptors (Lipinski definition) is 14. The number of Topliss-reactive ketones (excluding diaryl/α,β-unsaturated/α-hetero) is 1. The van der Waals surface area contributed by atoms with E-state index >= 15 is 4.39 Å². The van der Waals surface area contributed by atoms with Crippen LogP contribution in [0.25, 0.3) is 11.3 Å². The lowest BCUT2D eigenvalue weighted by Gasteiger charge is -2.47. The van der Waals surface area contributed by atoms with E-state index in [1.807, 2.05) is 64.2 Å². The van der Waals surface area contributed by atoms with Crippen molar-refractivity contribution in [3.8, 4) is 11.3 Å². The first-order valence-electron chi connectivity index (χ1n) is 21.3. The van der Waals surface area contributed by atoms with E-state index in [1.165, 1.54) is 14.0 Å². The summed E-state index contributed by atoms with van der Waals surface area (Å²) in [7, 11) is 5.20. The second kappa shape index (κ2) is 19.1. The molecule has 4 heterocycles. The Morgan fingerprint density at radius 3 is 2.45 bits per heavy atom. The molecule has 60 heavy (non-hydrogen) atoms. The lowest BCUT2D eigenvalue weighted by atomic mass is 9.78. The van der Waals surface area contributed by atoms with Crippen molar-refractivity contribution in [3.63, 3.8) is 0 Å². The molecule has 3 saturated heterocycles. The smallest absolute Gasteiger partial charge is 0.410 e. The number of unbranched alkanes of at least 4 members (excludes halogenated alkanes) is 1. The number of anilines is 1. The van der Waals surface area contributed by atoms with Crippen LogP contribution in [0.2, 0.25) is 0 Å². The number of ether oxygens (including phenoxy) is 5. The monoisotopic (exact) mass is 846 g/mol. The minimum atomic E-state index is -3.13. The number of ketones is 1. The zero-order chi connectivity index (χ0) is 44.3. The van der Waals surface area contributed by atoms with Crippen LogP contribution in [-0.2, 0) is 39.8 Å². The maximum absolute atomic E-state index is 17.0. The number of alkyl halides is 1. The number of hydrogen-bond donors (Lipinski definition) is 3. The van der Waals surface area contributed by atoms with Gasteiger partial charge in [0.25, 0.3) is 5.67 Å². The van der Waals surface area contributed by atoms with Gasteiger partial charge in [-0.05, 0) is 105 Å². The number of nitrogen functional groups attached to an aromatic ring is 1. The summed E-state index contributed by atoms with van der Waals surface area (Å²) in [6, 6.07) is 6.06. The fourth-order valence-electron chi connectivity index (χ4n) is 9.46. The molecule has 5 rings (SSSR count). The van der Waals surface area contributed by atoms with Crippen molar-refractivity contribution in [2.45, 2.75) is 160 Å². The van der Waals surface area contributed by atoms with Crippen molar-refractivity contribution in [1.29, 1.82) is 0 Å². The lowest BCUT2D eigenvalue weighted by molar-refractivity contribution is -0.295. The third kappa shape index (κ3) is 9.97. The number of halogens is 1. The molecule has 4 N–H and O–H groups in total. The first-order valence-corrected chi connectivity index (χ1v) is 21.3. The fraction of sp³-hybridized carbons (Fsp3) is 0.744. The predicted octanol–water partition coefficient (Wildman–Crippen LogP) is 4.38. The number of fused-ring (bicyclic) bond motifs is 1. The number of aryl methyl sites for hydroxylation is 1. The van der Waals surface area contributed by atoms with Gasteiger partial charge in [-0.3, -0.25) is 14.4 Å². The Bertz CT molecular complexity index is 1800. The molecular formula is C43H68FN7O9. The summed E-state index contributed by atoms with van der Waals surface area (Å²) in [4.78, 5) is 45.6. The van der Waals surface area contributed by atoms with Crippen molar-refractivity contribution >= 4 is 23.5 Å². The first kappa shape index (κ1) is 47.3. The maximum atomic E-state index is 17.0. The molecule has 1 aromatic carbocycles. The maximum Gasteiger partial charge on any atom is 0.410 e. The SMILES string of the molecule is CC[C@H]1OC(=O)[C@@](C)(F)C(=O)[C@H](C)[C@@H](O[C@@H]2OC(C)CC(N(C)C)C2O)[C@](C)(OC)C[C@@H](C)CN[C@H](C)[C@H]2N(CCCCn3cc(-c4cccc(N)c4)nn3)C(=O)O[C@]12C. The summed E-state index contributed by atoms with van der Waals surface area (Å²) in [5.41, 5.74) is 2.37. The summed E-state index contributed by atoms with van der Waals surface area (Å²) in [6.07, 6.45) is -1.26. The molecule has 3 aliphatic heterocycles. The van der Waals surface area contributed by atoms with Crippen LogP contribution in [0.15, 0.2) is 30.5 Å². The second-order valence-corrected chi connectivity index (χ2v) is 18.0. The number of amides is 1. The number of nitrogens with zero attached hydrogens (tertiary/aromatic N) is 5. The van der Waals surface area contributed by atoms with Crippen LogP contribution < -0.4 is 11.1 Å². The number of carbonyl (C=O) groups is 3. The summed E-state index contributed by atoms with van der Waals surface area (Å²) < 4.78 is 49.6. The van der Waals surface area contributed by atoms with E-state index < -0.39 is 77.3 Å². The average molecular weight is 846 g/mol. The largest absolute Gasteiger partial charge is 0.455 e. The number of cyclic esters (lactones) is 1. The Morgan fingerprint density at radius 2 is 1.80 bits per heavy atom. The predicted molar refractivity (Wildman–Crippen MR) is 222 cm³/mol. The van der Waals surface area contributed by atoms with E-state index in [9.17, 15) is 19.5 Å². The highest BCUT2D eigenvalue weighted by atomic mass is 19.1. The van der Waals surface area contributed by atoms with Crippen molar-refractivity contribution < 1.29 is 47.6 Å². The zero-order valence-corrected chi connectivity index (χ0v) is 37.2. The number of aromatic nitrogens is 3. The van der Waals surface area contributed by atoms with Crippen LogP contribution in [-0.4, -0.2) is 148 Å². The molecule has 1 aromatic heterocycles. The zero-order valence-electron chi connectivity index (χ0n) is 37.2. The van der Waals surface area contributed by atoms with Gasteiger partial charge in [0.2, 0.25) is 0 Å². The quantitative estimate of drug-likeness (QED) is 0.125. The number of nitrogens with one attached hydrogen (secondary N) is 1. The highest BCUT2D eigenvalue weighted by Gasteiger charge is 2.60. The van der Waals surface area contributed by atoms with Crippen molar-refractivity contribution in [3.05, 3.63) is 30.5 Å². The number of aliphatic hydroxyl groups is 1. The molecule has 0 saturated carbocycles. The summed E-state index contributed by atoms with van der Waals surface area (Å²) in [6.45, 7) is 14.8. The molecule has 2 aromatic rings. The molecule has 1 amide bonds. The normalized spacial score (nSPS) is 37.3. The number of nitrogens with two attached hydrogens (primary N) is 1. The van der Waals surface area contributed by atoms with Crippen LogP contribution in [0.4, 0.5) is 14.9 Å². The van der Waals surface area contributed by atoms with Gasteiger partial charge < -0.3 is 44.7 Å². The highest BCUT2D eigenvalue weighted by molar-refractivity contribution is 6.07.